The number of rotatable bonds is 6. The maximum atomic E-state index is 2.27. The molecule has 0 aromatic heterocycles. The number of anilines is 2. The van der Waals surface area contributed by atoms with Gasteiger partial charge in [0.1, 0.15) is 0 Å². The lowest BCUT2D eigenvalue weighted by Gasteiger charge is -2.17. The SMILES string of the molecule is Cc1c(C)c(/C=C\c2ccc(N(C)C)cc2)c(C)c(C)c1/C=C\c1ccc(N(C)C)cc1. The van der Waals surface area contributed by atoms with Crippen LogP contribution in [0, 0.1) is 27.7 Å². The third kappa shape index (κ3) is 5.13. The molecule has 0 aliphatic carbocycles. The normalized spacial score (nSPS) is 11.5. The van der Waals surface area contributed by atoms with E-state index in [0.29, 0.717) is 0 Å². The van der Waals surface area contributed by atoms with Crippen molar-refractivity contribution in [3.63, 3.8) is 0 Å². The molecule has 0 aliphatic rings. The molecule has 3 aromatic rings. The zero-order valence-electron chi connectivity index (χ0n) is 20.8. The highest BCUT2D eigenvalue weighted by molar-refractivity contribution is 5.80. The second-order valence-electron chi connectivity index (χ2n) is 8.97. The molecule has 0 N–H and O–H groups in total. The monoisotopic (exact) mass is 424 g/mol. The molecule has 0 unspecified atom stereocenters. The van der Waals surface area contributed by atoms with Gasteiger partial charge in [-0.05, 0) is 96.5 Å². The summed E-state index contributed by atoms with van der Waals surface area (Å²) < 4.78 is 0. The molecule has 32 heavy (non-hydrogen) atoms. The Labute approximate surface area is 194 Å². The Hall–Kier alpha value is -3.26. The molecular formula is C30H36N2. The zero-order chi connectivity index (χ0) is 23.4. The highest BCUT2D eigenvalue weighted by atomic mass is 15.1. The van der Waals surface area contributed by atoms with E-state index in [2.05, 4.69) is 139 Å². The summed E-state index contributed by atoms with van der Waals surface area (Å²) in [5.41, 5.74) is 12.9. The predicted molar refractivity (Wildman–Crippen MR) is 145 cm³/mol. The average Bonchev–Trinajstić information content (AvgIpc) is 2.78. The Balaban J connectivity index is 1.90. The zero-order valence-corrected chi connectivity index (χ0v) is 20.8. The van der Waals surface area contributed by atoms with E-state index in [-0.39, 0.29) is 0 Å². The van der Waals surface area contributed by atoms with Gasteiger partial charge in [-0.2, -0.15) is 0 Å². The van der Waals surface area contributed by atoms with E-state index in [1.54, 1.807) is 0 Å². The third-order valence-electron chi connectivity index (χ3n) is 6.44. The summed E-state index contributed by atoms with van der Waals surface area (Å²) >= 11 is 0. The van der Waals surface area contributed by atoms with Crippen LogP contribution in [-0.2, 0) is 0 Å². The van der Waals surface area contributed by atoms with Crippen molar-refractivity contribution in [2.45, 2.75) is 27.7 Å². The van der Waals surface area contributed by atoms with Crippen LogP contribution < -0.4 is 9.80 Å². The first-order chi connectivity index (χ1) is 15.2. The van der Waals surface area contributed by atoms with Crippen molar-refractivity contribution < 1.29 is 0 Å². The molecule has 0 aliphatic heterocycles. The minimum Gasteiger partial charge on any atom is -0.378 e. The summed E-state index contributed by atoms with van der Waals surface area (Å²) in [5, 5.41) is 0. The van der Waals surface area contributed by atoms with Gasteiger partial charge in [0.15, 0.2) is 0 Å². The fourth-order valence-corrected chi connectivity index (χ4v) is 4.00. The molecule has 0 amide bonds. The number of benzene rings is 3. The van der Waals surface area contributed by atoms with Gasteiger partial charge in [0, 0.05) is 39.6 Å². The largest absolute Gasteiger partial charge is 0.378 e. The summed E-state index contributed by atoms with van der Waals surface area (Å²) in [5.74, 6) is 0. The molecule has 0 spiro atoms. The molecule has 0 fully saturated rings. The summed E-state index contributed by atoms with van der Waals surface area (Å²) in [6.45, 7) is 8.94. The summed E-state index contributed by atoms with van der Waals surface area (Å²) in [4.78, 5) is 4.24. The fraction of sp³-hybridized carbons (Fsp3) is 0.267. The van der Waals surface area contributed by atoms with Crippen LogP contribution in [0.15, 0.2) is 48.5 Å². The Morgan fingerprint density at radius 3 is 0.969 bits per heavy atom. The van der Waals surface area contributed by atoms with Crippen molar-refractivity contribution in [3.8, 4) is 0 Å². The van der Waals surface area contributed by atoms with Gasteiger partial charge in [-0.15, -0.1) is 0 Å². The van der Waals surface area contributed by atoms with Gasteiger partial charge in [0.2, 0.25) is 0 Å². The highest BCUT2D eigenvalue weighted by Crippen LogP contribution is 2.30. The van der Waals surface area contributed by atoms with E-state index in [9.17, 15) is 0 Å². The van der Waals surface area contributed by atoms with Crippen LogP contribution in [0.2, 0.25) is 0 Å². The van der Waals surface area contributed by atoms with Crippen LogP contribution in [-0.4, -0.2) is 28.2 Å². The van der Waals surface area contributed by atoms with Crippen LogP contribution in [0.5, 0.6) is 0 Å². The maximum absolute atomic E-state index is 2.27. The lowest BCUT2D eigenvalue weighted by Crippen LogP contribution is -2.07. The minimum absolute atomic E-state index is 1.22. The second-order valence-corrected chi connectivity index (χ2v) is 8.97. The Morgan fingerprint density at radius 1 is 0.438 bits per heavy atom. The van der Waals surface area contributed by atoms with Gasteiger partial charge in [-0.25, -0.2) is 0 Å². The van der Waals surface area contributed by atoms with E-state index >= 15 is 0 Å². The van der Waals surface area contributed by atoms with Crippen LogP contribution >= 0.6 is 0 Å². The number of nitrogens with zero attached hydrogens (tertiary/aromatic N) is 2. The topological polar surface area (TPSA) is 6.48 Å². The molecule has 0 bridgehead atoms. The molecule has 2 nitrogen and oxygen atoms in total. The summed E-state index contributed by atoms with van der Waals surface area (Å²) in [6.07, 6.45) is 8.97. The van der Waals surface area contributed by atoms with Crippen LogP contribution in [0.3, 0.4) is 0 Å². The van der Waals surface area contributed by atoms with Gasteiger partial charge in [0.25, 0.3) is 0 Å². The van der Waals surface area contributed by atoms with Gasteiger partial charge < -0.3 is 9.80 Å². The smallest absolute Gasteiger partial charge is 0.0361 e. The maximum Gasteiger partial charge on any atom is 0.0361 e. The number of hydrogen-bond acceptors (Lipinski definition) is 2. The predicted octanol–water partition coefficient (Wildman–Crippen LogP) is 7.39. The Bertz CT molecular complexity index is 1010. The van der Waals surface area contributed by atoms with Crippen LogP contribution in [0.25, 0.3) is 24.3 Å². The first kappa shape index (κ1) is 23.4. The van der Waals surface area contributed by atoms with Crippen molar-refractivity contribution in [2.75, 3.05) is 38.0 Å². The van der Waals surface area contributed by atoms with Crippen molar-refractivity contribution in [2.24, 2.45) is 0 Å². The Kier molecular flexibility index (Phi) is 7.25. The highest BCUT2D eigenvalue weighted by Gasteiger charge is 2.11. The first-order valence-electron chi connectivity index (χ1n) is 11.2. The Morgan fingerprint density at radius 2 is 0.719 bits per heavy atom. The molecule has 3 aromatic carbocycles. The first-order valence-corrected chi connectivity index (χ1v) is 11.2. The van der Waals surface area contributed by atoms with E-state index < -0.39 is 0 Å². The van der Waals surface area contributed by atoms with E-state index in [1.807, 2.05) is 0 Å². The summed E-state index contributed by atoms with van der Waals surface area (Å²) in [7, 11) is 8.27. The van der Waals surface area contributed by atoms with Crippen molar-refractivity contribution in [1.29, 1.82) is 0 Å². The van der Waals surface area contributed by atoms with Crippen molar-refractivity contribution in [1.82, 2.24) is 0 Å². The van der Waals surface area contributed by atoms with E-state index in [4.69, 9.17) is 0 Å². The lowest BCUT2D eigenvalue weighted by atomic mass is 9.88. The van der Waals surface area contributed by atoms with Crippen LogP contribution in [0.1, 0.15) is 44.5 Å². The molecule has 2 heteroatoms. The van der Waals surface area contributed by atoms with Crippen LogP contribution in [0.4, 0.5) is 11.4 Å². The van der Waals surface area contributed by atoms with Gasteiger partial charge in [-0.3, -0.25) is 0 Å². The molecule has 0 radical (unpaired) electrons. The lowest BCUT2D eigenvalue weighted by molar-refractivity contribution is 1.13. The van der Waals surface area contributed by atoms with Gasteiger partial charge in [-0.1, -0.05) is 48.6 Å². The quantitative estimate of drug-likeness (QED) is 0.381. The van der Waals surface area contributed by atoms with Gasteiger partial charge in [0.05, 0.1) is 0 Å². The molecule has 0 heterocycles. The molecule has 0 atom stereocenters. The molecule has 3 rings (SSSR count). The molecule has 0 saturated carbocycles. The molecule has 166 valence electrons. The number of hydrogen-bond donors (Lipinski definition) is 0. The summed E-state index contributed by atoms with van der Waals surface area (Å²) in [6, 6.07) is 17.3. The fourth-order valence-electron chi connectivity index (χ4n) is 4.00. The van der Waals surface area contributed by atoms with E-state index in [0.717, 1.165) is 0 Å². The minimum atomic E-state index is 1.22. The average molecular weight is 425 g/mol. The standard InChI is InChI=1S/C30H36N2/c1-21-22(2)30(20-14-26-11-17-28(18-12-26)32(7)8)24(4)23(3)29(21)19-13-25-9-15-27(16-10-25)31(5)6/h9-20H,1-8H3/b19-13-,20-14-. The molecule has 0 saturated heterocycles. The van der Waals surface area contributed by atoms with Gasteiger partial charge >= 0.3 is 0 Å². The molecular weight excluding hydrogens is 388 g/mol. The van der Waals surface area contributed by atoms with Crippen molar-refractivity contribution in [3.05, 3.63) is 93.0 Å². The van der Waals surface area contributed by atoms with E-state index in [1.165, 1.54) is 55.9 Å². The van der Waals surface area contributed by atoms with Crippen molar-refractivity contribution >= 4 is 35.7 Å². The third-order valence-corrected chi connectivity index (χ3v) is 6.44. The second kappa shape index (κ2) is 9.91.